The molecule has 0 bridgehead atoms. The molecule has 0 amide bonds. The van der Waals surface area contributed by atoms with Gasteiger partial charge in [0.1, 0.15) is 0 Å². The van der Waals surface area contributed by atoms with Gasteiger partial charge in [-0.1, -0.05) is 186 Å². The van der Waals surface area contributed by atoms with Crippen LogP contribution in [0.5, 0.6) is 0 Å². The summed E-state index contributed by atoms with van der Waals surface area (Å²) >= 11 is 0. The van der Waals surface area contributed by atoms with E-state index in [1.165, 1.54) is 94.6 Å². The SMILES string of the molecule is Cc1ccc(N(c2ccc(C)cc2)c2cc(-c3ccc4c(c3)C(C)(C)c3cc(C(C)(C)C)ccc3-4)c(C(C)(C)C)c(-c3ccc4c(c3)C(C)(C)c3cc(C(C)(C)C)ccc3-4)c2)cc1. The normalized spacial score (nSPS) is 14.8. The zero-order chi connectivity index (χ0) is 45.2. The van der Waals surface area contributed by atoms with Gasteiger partial charge >= 0.3 is 0 Å². The maximum atomic E-state index is 2.53. The van der Waals surface area contributed by atoms with Gasteiger partial charge in [-0.15, -0.1) is 0 Å². The van der Waals surface area contributed by atoms with Crippen molar-refractivity contribution < 1.29 is 0 Å². The maximum Gasteiger partial charge on any atom is 0.0474 e. The summed E-state index contributed by atoms with van der Waals surface area (Å²) < 4.78 is 0. The van der Waals surface area contributed by atoms with Crippen LogP contribution in [0.4, 0.5) is 17.1 Å². The number of rotatable bonds is 5. The van der Waals surface area contributed by atoms with Crippen molar-refractivity contribution in [2.45, 2.75) is 131 Å². The summed E-state index contributed by atoms with van der Waals surface area (Å²) in [6.07, 6.45) is 0. The topological polar surface area (TPSA) is 3.24 Å². The predicted molar refractivity (Wildman–Crippen MR) is 273 cm³/mol. The number of benzene rings is 7. The lowest BCUT2D eigenvalue weighted by Crippen LogP contribution is -2.19. The van der Waals surface area contributed by atoms with Crippen LogP contribution < -0.4 is 4.90 Å². The molecule has 0 radical (unpaired) electrons. The molecule has 0 N–H and O–H groups in total. The minimum absolute atomic E-state index is 0.0786. The molecule has 0 saturated carbocycles. The van der Waals surface area contributed by atoms with Crippen LogP contribution in [0.2, 0.25) is 0 Å². The Kier molecular flexibility index (Phi) is 9.77. The van der Waals surface area contributed by atoms with Crippen LogP contribution in [-0.4, -0.2) is 0 Å². The van der Waals surface area contributed by atoms with Crippen molar-refractivity contribution in [1.29, 1.82) is 0 Å². The molecular weight excluding hydrogens is 759 g/mol. The van der Waals surface area contributed by atoms with Crippen LogP contribution in [0.25, 0.3) is 44.5 Å². The van der Waals surface area contributed by atoms with Gasteiger partial charge in [-0.2, -0.15) is 0 Å². The maximum absolute atomic E-state index is 2.53. The van der Waals surface area contributed by atoms with Crippen molar-refractivity contribution in [2.75, 3.05) is 4.90 Å². The number of hydrogen-bond donors (Lipinski definition) is 0. The summed E-state index contributed by atoms with van der Waals surface area (Å²) in [5.41, 5.74) is 25.9. The van der Waals surface area contributed by atoms with Crippen LogP contribution in [-0.2, 0) is 27.1 Å². The van der Waals surface area contributed by atoms with Crippen molar-refractivity contribution in [1.82, 2.24) is 0 Å². The quantitative estimate of drug-likeness (QED) is 0.167. The van der Waals surface area contributed by atoms with Crippen molar-refractivity contribution in [3.05, 3.63) is 184 Å². The molecule has 0 fully saturated rings. The molecule has 0 aliphatic heterocycles. The monoisotopic (exact) mass is 826 g/mol. The molecule has 0 atom stereocenters. The van der Waals surface area contributed by atoms with E-state index >= 15 is 0 Å². The number of anilines is 3. The molecule has 63 heavy (non-hydrogen) atoms. The Hall–Kier alpha value is -5.66. The molecule has 2 aliphatic carbocycles. The first-order valence-corrected chi connectivity index (χ1v) is 23.2. The zero-order valence-electron chi connectivity index (χ0n) is 40.6. The molecule has 1 nitrogen and oxygen atoms in total. The highest BCUT2D eigenvalue weighted by atomic mass is 15.1. The summed E-state index contributed by atoms with van der Waals surface area (Å²) in [5, 5.41) is 0. The van der Waals surface area contributed by atoms with Gasteiger partial charge in [-0.05, 0) is 162 Å². The first kappa shape index (κ1) is 42.6. The molecular formula is C62H67N. The Morgan fingerprint density at radius 1 is 0.333 bits per heavy atom. The zero-order valence-corrected chi connectivity index (χ0v) is 40.6. The van der Waals surface area contributed by atoms with Crippen LogP contribution in [0.1, 0.15) is 140 Å². The van der Waals surface area contributed by atoms with Crippen molar-refractivity contribution in [2.24, 2.45) is 0 Å². The average molecular weight is 826 g/mol. The highest BCUT2D eigenvalue weighted by molar-refractivity contribution is 5.92. The average Bonchev–Trinajstić information content (AvgIpc) is 3.59. The Balaban J connectivity index is 1.31. The van der Waals surface area contributed by atoms with Crippen molar-refractivity contribution >= 4 is 17.1 Å². The van der Waals surface area contributed by atoms with Gasteiger partial charge in [-0.3, -0.25) is 0 Å². The molecule has 0 saturated heterocycles. The third kappa shape index (κ3) is 7.17. The van der Waals surface area contributed by atoms with Gasteiger partial charge in [0.05, 0.1) is 0 Å². The number of fused-ring (bicyclic) bond motifs is 6. The Bertz CT molecular complexity index is 2740. The van der Waals surface area contributed by atoms with Gasteiger partial charge < -0.3 is 4.90 Å². The molecule has 9 rings (SSSR count). The molecule has 7 aromatic carbocycles. The smallest absolute Gasteiger partial charge is 0.0474 e. The molecule has 0 spiro atoms. The molecule has 0 heterocycles. The fourth-order valence-electron chi connectivity index (χ4n) is 10.6. The first-order chi connectivity index (χ1) is 29.4. The van der Waals surface area contributed by atoms with E-state index in [4.69, 9.17) is 0 Å². The number of hydrogen-bond acceptors (Lipinski definition) is 1. The lowest BCUT2D eigenvalue weighted by atomic mass is 9.75. The van der Waals surface area contributed by atoms with Gasteiger partial charge in [-0.25, -0.2) is 0 Å². The van der Waals surface area contributed by atoms with E-state index in [2.05, 4.69) is 242 Å². The molecule has 7 aromatic rings. The fourth-order valence-corrected chi connectivity index (χ4v) is 10.6. The predicted octanol–water partition coefficient (Wildman–Crippen LogP) is 17.6. The minimum atomic E-state index is -0.181. The van der Waals surface area contributed by atoms with Gasteiger partial charge in [0.25, 0.3) is 0 Å². The minimum Gasteiger partial charge on any atom is -0.310 e. The van der Waals surface area contributed by atoms with Crippen molar-refractivity contribution in [3.63, 3.8) is 0 Å². The summed E-state index contributed by atoms with van der Waals surface area (Å²) in [6.45, 7) is 35.1. The van der Waals surface area contributed by atoms with Crippen LogP contribution >= 0.6 is 0 Å². The van der Waals surface area contributed by atoms with Crippen LogP contribution in [0.15, 0.2) is 133 Å². The van der Waals surface area contributed by atoms with Crippen LogP contribution in [0, 0.1) is 13.8 Å². The lowest BCUT2D eigenvalue weighted by molar-refractivity contribution is 0.584. The standard InChI is InChI=1S/C62H67N/c1-38-16-24-44(25-17-38)63(45-26-18-39(2)19-27-45)46-36-51(40-20-28-47-49-30-22-42(58(3,4)5)34-55(49)61(12,13)53(47)32-40)57(60(9,10)11)52(37-46)41-21-29-48-50-31-23-43(59(6,7)8)35-56(50)62(14,15)54(48)33-41/h16-37H,1-15H3. The summed E-state index contributed by atoms with van der Waals surface area (Å²) in [5.74, 6) is 0. The third-order valence-corrected chi connectivity index (χ3v) is 14.4. The van der Waals surface area contributed by atoms with E-state index in [1.807, 2.05) is 0 Å². The third-order valence-electron chi connectivity index (χ3n) is 14.4. The molecule has 1 heteroatoms. The Morgan fingerprint density at radius 2 is 0.667 bits per heavy atom. The lowest BCUT2D eigenvalue weighted by Gasteiger charge is -2.32. The highest BCUT2D eigenvalue weighted by Gasteiger charge is 2.39. The van der Waals surface area contributed by atoms with E-state index in [9.17, 15) is 0 Å². The van der Waals surface area contributed by atoms with E-state index in [1.54, 1.807) is 0 Å². The van der Waals surface area contributed by atoms with Crippen molar-refractivity contribution in [3.8, 4) is 44.5 Å². The molecule has 320 valence electrons. The summed E-state index contributed by atoms with van der Waals surface area (Å²) in [7, 11) is 0. The molecule has 0 unspecified atom stereocenters. The fraction of sp³-hybridized carbons (Fsp3) is 0.323. The second kappa shape index (κ2) is 14.4. The largest absolute Gasteiger partial charge is 0.310 e. The Morgan fingerprint density at radius 3 is 1.00 bits per heavy atom. The van der Waals surface area contributed by atoms with Crippen LogP contribution in [0.3, 0.4) is 0 Å². The summed E-state index contributed by atoms with van der Waals surface area (Å²) in [4.78, 5) is 2.46. The Labute approximate surface area is 379 Å². The van der Waals surface area contributed by atoms with Gasteiger partial charge in [0, 0.05) is 27.9 Å². The second-order valence-corrected chi connectivity index (χ2v) is 23.0. The summed E-state index contributed by atoms with van der Waals surface area (Å²) in [6, 6.07) is 52.1. The second-order valence-electron chi connectivity index (χ2n) is 23.0. The molecule has 2 aliphatic rings. The number of nitrogens with zero attached hydrogens (tertiary/aromatic N) is 1. The van der Waals surface area contributed by atoms with E-state index in [0.29, 0.717) is 0 Å². The first-order valence-electron chi connectivity index (χ1n) is 23.2. The van der Waals surface area contributed by atoms with Gasteiger partial charge in [0.2, 0.25) is 0 Å². The van der Waals surface area contributed by atoms with E-state index in [-0.39, 0.29) is 27.1 Å². The molecule has 0 aromatic heterocycles. The van der Waals surface area contributed by atoms with E-state index < -0.39 is 0 Å². The van der Waals surface area contributed by atoms with Gasteiger partial charge in [0.15, 0.2) is 0 Å². The van der Waals surface area contributed by atoms with E-state index in [0.717, 1.165) is 17.1 Å². The highest BCUT2D eigenvalue weighted by Crippen LogP contribution is 2.55. The number of aryl methyl sites for hydroxylation is 2.